The number of carbonyl (C=O) groups excluding carboxylic acids is 1. The molecule has 3 rings (SSSR count). The molecule has 1 atom stereocenters. The molecule has 0 saturated carbocycles. The molecule has 0 unspecified atom stereocenters. The summed E-state index contributed by atoms with van der Waals surface area (Å²) in [5.41, 5.74) is 1.93. The first kappa shape index (κ1) is 15.3. The molecule has 1 saturated heterocycles. The van der Waals surface area contributed by atoms with E-state index in [1.165, 1.54) is 11.5 Å². The monoisotopic (exact) mass is 311 g/mol. The largest absolute Gasteiger partial charge is 0.301 e. The van der Waals surface area contributed by atoms with Crippen LogP contribution in [0.2, 0.25) is 0 Å². The van der Waals surface area contributed by atoms with Gasteiger partial charge in [-0.05, 0) is 5.56 Å². The Labute approximate surface area is 136 Å². The van der Waals surface area contributed by atoms with Gasteiger partial charge in [-0.15, -0.1) is 0 Å². The maximum Gasteiger partial charge on any atom is 0.171 e. The van der Waals surface area contributed by atoms with Crippen LogP contribution in [-0.2, 0) is 0 Å². The Morgan fingerprint density at radius 3 is 2.18 bits per heavy atom. The smallest absolute Gasteiger partial charge is 0.171 e. The molecule has 1 aliphatic rings. The lowest BCUT2D eigenvalue weighted by molar-refractivity contribution is 0.0936. The third-order valence-corrected chi connectivity index (χ3v) is 5.06. The van der Waals surface area contributed by atoms with E-state index in [1.54, 1.807) is 0 Å². The first-order valence-electron chi connectivity index (χ1n) is 7.79. The van der Waals surface area contributed by atoms with Crippen molar-refractivity contribution in [2.75, 3.05) is 31.1 Å². The quantitative estimate of drug-likeness (QED) is 0.785. The van der Waals surface area contributed by atoms with Gasteiger partial charge >= 0.3 is 0 Å². The third kappa shape index (κ3) is 3.79. The zero-order valence-corrected chi connectivity index (χ0v) is 13.5. The van der Waals surface area contributed by atoms with Gasteiger partial charge in [0, 0.05) is 36.7 Å². The van der Waals surface area contributed by atoms with E-state index in [1.807, 2.05) is 60.3 Å². The molecule has 1 fully saturated rings. The minimum atomic E-state index is -0.0771. The van der Waals surface area contributed by atoms with Gasteiger partial charge in [0.15, 0.2) is 5.78 Å². The minimum Gasteiger partial charge on any atom is -0.301 e. The number of rotatable bonds is 5. The Morgan fingerprint density at radius 1 is 0.955 bits per heavy atom. The fourth-order valence-electron chi connectivity index (χ4n) is 2.87. The molecule has 114 valence electrons. The molecule has 0 spiro atoms. The average Bonchev–Trinajstić information content (AvgIpc) is 2.61. The zero-order valence-electron chi connectivity index (χ0n) is 12.7. The number of carbonyl (C=O) groups is 1. The summed E-state index contributed by atoms with van der Waals surface area (Å²) in [7, 11) is 0. The van der Waals surface area contributed by atoms with Gasteiger partial charge in [-0.25, -0.2) is 0 Å². The molecule has 0 N–H and O–H groups in total. The molecule has 0 amide bonds. The SMILES string of the molecule is O=C(c1ccccc1)[C@H](CN1CCSCC1)c1ccccc1. The summed E-state index contributed by atoms with van der Waals surface area (Å²) in [4.78, 5) is 15.4. The highest BCUT2D eigenvalue weighted by Gasteiger charge is 2.25. The summed E-state index contributed by atoms with van der Waals surface area (Å²) in [5.74, 6) is 2.49. The number of thioether (sulfide) groups is 1. The molecule has 0 aromatic heterocycles. The van der Waals surface area contributed by atoms with Gasteiger partial charge in [-0.1, -0.05) is 60.7 Å². The lowest BCUT2D eigenvalue weighted by atomic mass is 9.90. The van der Waals surface area contributed by atoms with Gasteiger partial charge in [0.2, 0.25) is 0 Å². The van der Waals surface area contributed by atoms with Crippen molar-refractivity contribution in [3.63, 3.8) is 0 Å². The van der Waals surface area contributed by atoms with Crippen LogP contribution in [-0.4, -0.2) is 41.8 Å². The van der Waals surface area contributed by atoms with E-state index >= 15 is 0 Å². The third-order valence-electron chi connectivity index (χ3n) is 4.12. The molecule has 0 bridgehead atoms. The second kappa shape index (κ2) is 7.61. The average molecular weight is 311 g/mol. The van der Waals surface area contributed by atoms with Crippen molar-refractivity contribution < 1.29 is 4.79 Å². The predicted octanol–water partition coefficient (Wildman–Crippen LogP) is 3.70. The molecular formula is C19H21NOS. The number of Topliss-reactive ketones (excluding diaryl/α,β-unsaturated/α-hetero) is 1. The van der Waals surface area contributed by atoms with Crippen molar-refractivity contribution >= 4 is 17.5 Å². The van der Waals surface area contributed by atoms with Crippen LogP contribution in [0.15, 0.2) is 60.7 Å². The van der Waals surface area contributed by atoms with Crippen molar-refractivity contribution in [1.29, 1.82) is 0 Å². The first-order valence-corrected chi connectivity index (χ1v) is 8.94. The van der Waals surface area contributed by atoms with Crippen molar-refractivity contribution in [1.82, 2.24) is 4.90 Å². The van der Waals surface area contributed by atoms with Crippen LogP contribution in [0, 0.1) is 0 Å². The normalized spacial score (nSPS) is 17.1. The van der Waals surface area contributed by atoms with Crippen molar-refractivity contribution in [2.24, 2.45) is 0 Å². The Kier molecular flexibility index (Phi) is 5.30. The Balaban J connectivity index is 1.84. The minimum absolute atomic E-state index is 0.0771. The summed E-state index contributed by atoms with van der Waals surface area (Å²) in [6.07, 6.45) is 0. The number of hydrogen-bond donors (Lipinski definition) is 0. The fourth-order valence-corrected chi connectivity index (χ4v) is 3.85. The van der Waals surface area contributed by atoms with Gasteiger partial charge < -0.3 is 4.90 Å². The molecule has 2 aromatic carbocycles. The van der Waals surface area contributed by atoms with Gasteiger partial charge in [-0.3, -0.25) is 4.79 Å². The van der Waals surface area contributed by atoms with E-state index in [-0.39, 0.29) is 11.7 Å². The standard InChI is InChI=1S/C19H21NOS/c21-19(17-9-5-2-6-10-17)18(16-7-3-1-4-8-16)15-20-11-13-22-14-12-20/h1-10,18H,11-15H2/t18-/m1/s1. The van der Waals surface area contributed by atoms with Crippen LogP contribution in [0.25, 0.3) is 0 Å². The fraction of sp³-hybridized carbons (Fsp3) is 0.316. The first-order chi connectivity index (χ1) is 10.8. The predicted molar refractivity (Wildman–Crippen MR) is 93.7 cm³/mol. The van der Waals surface area contributed by atoms with E-state index in [4.69, 9.17) is 0 Å². The van der Waals surface area contributed by atoms with Crippen LogP contribution >= 0.6 is 11.8 Å². The van der Waals surface area contributed by atoms with Gasteiger partial charge in [0.25, 0.3) is 0 Å². The lowest BCUT2D eigenvalue weighted by Gasteiger charge is -2.30. The van der Waals surface area contributed by atoms with E-state index in [0.717, 1.165) is 30.8 Å². The van der Waals surface area contributed by atoms with Gasteiger partial charge in [-0.2, -0.15) is 11.8 Å². The van der Waals surface area contributed by atoms with E-state index in [9.17, 15) is 4.79 Å². The molecular weight excluding hydrogens is 290 g/mol. The molecule has 1 heterocycles. The molecule has 2 nitrogen and oxygen atoms in total. The Bertz CT molecular complexity index is 593. The highest BCUT2D eigenvalue weighted by atomic mass is 32.2. The maximum absolute atomic E-state index is 13.0. The van der Waals surface area contributed by atoms with Gasteiger partial charge in [0.05, 0.1) is 5.92 Å². The van der Waals surface area contributed by atoms with Crippen LogP contribution in [0.1, 0.15) is 21.8 Å². The van der Waals surface area contributed by atoms with E-state index in [2.05, 4.69) is 17.0 Å². The summed E-state index contributed by atoms with van der Waals surface area (Å²) in [6, 6.07) is 19.9. The van der Waals surface area contributed by atoms with E-state index in [0.29, 0.717) is 0 Å². The highest BCUT2D eigenvalue weighted by Crippen LogP contribution is 2.23. The van der Waals surface area contributed by atoms with Crippen molar-refractivity contribution in [3.8, 4) is 0 Å². The topological polar surface area (TPSA) is 20.3 Å². The lowest BCUT2D eigenvalue weighted by Crippen LogP contribution is -2.37. The number of benzene rings is 2. The number of nitrogens with zero attached hydrogens (tertiary/aromatic N) is 1. The van der Waals surface area contributed by atoms with Crippen molar-refractivity contribution in [2.45, 2.75) is 5.92 Å². The van der Waals surface area contributed by atoms with Gasteiger partial charge in [0.1, 0.15) is 0 Å². The summed E-state index contributed by atoms with van der Waals surface area (Å²) in [6.45, 7) is 2.98. The number of hydrogen-bond acceptors (Lipinski definition) is 3. The molecule has 22 heavy (non-hydrogen) atoms. The highest BCUT2D eigenvalue weighted by molar-refractivity contribution is 7.99. The maximum atomic E-state index is 13.0. The Morgan fingerprint density at radius 2 is 1.55 bits per heavy atom. The Hall–Kier alpha value is -1.58. The summed E-state index contributed by atoms with van der Waals surface area (Å²) >= 11 is 2.00. The second-order valence-corrected chi connectivity index (χ2v) is 6.83. The molecule has 3 heteroatoms. The zero-order chi connectivity index (χ0) is 15.2. The van der Waals surface area contributed by atoms with Crippen LogP contribution < -0.4 is 0 Å². The second-order valence-electron chi connectivity index (χ2n) is 5.61. The summed E-state index contributed by atoms with van der Waals surface area (Å²) in [5, 5.41) is 0. The van der Waals surface area contributed by atoms with Crippen molar-refractivity contribution in [3.05, 3.63) is 71.8 Å². The number of ketones is 1. The van der Waals surface area contributed by atoms with E-state index < -0.39 is 0 Å². The molecule has 0 aliphatic carbocycles. The van der Waals surface area contributed by atoms with Crippen LogP contribution in [0.4, 0.5) is 0 Å². The molecule has 2 aromatic rings. The van der Waals surface area contributed by atoms with Crippen LogP contribution in [0.5, 0.6) is 0 Å². The molecule has 0 radical (unpaired) electrons. The van der Waals surface area contributed by atoms with Crippen LogP contribution in [0.3, 0.4) is 0 Å². The molecule has 1 aliphatic heterocycles. The summed E-state index contributed by atoms with van der Waals surface area (Å²) < 4.78 is 0.